The fourth-order valence-electron chi connectivity index (χ4n) is 3.33. The Morgan fingerprint density at radius 1 is 1.25 bits per heavy atom. The predicted octanol–water partition coefficient (Wildman–Crippen LogP) is 3.36. The second-order valence-electron chi connectivity index (χ2n) is 6.82. The first-order chi connectivity index (χ1) is 12.9. The Kier molecular flexibility index (Phi) is 10.6. The lowest BCUT2D eigenvalue weighted by atomic mass is 10.1. The molecule has 0 saturated carbocycles. The molecule has 1 saturated heterocycles. The van der Waals surface area contributed by atoms with Gasteiger partial charge in [-0.15, -0.1) is 24.0 Å². The van der Waals surface area contributed by atoms with E-state index < -0.39 is 12.7 Å². The van der Waals surface area contributed by atoms with Crippen LogP contribution in [0.4, 0.5) is 13.2 Å². The van der Waals surface area contributed by atoms with Gasteiger partial charge in [-0.1, -0.05) is 19.0 Å². The fraction of sp³-hybridized carbons (Fsp3) is 0.778. The van der Waals surface area contributed by atoms with Gasteiger partial charge < -0.3 is 15.2 Å². The standard InChI is InChI=1S/C18H30F3N5O.HI/c1-4-15-14(16(5-2)27-25-15)10-24-17(22-6-3)23-9-13-7-8-26(11-13)12-18(19,20)21;/h13H,4-12H2,1-3H3,(H2,22,23,24);1H. The fourth-order valence-corrected chi connectivity index (χ4v) is 3.33. The molecule has 0 spiro atoms. The summed E-state index contributed by atoms with van der Waals surface area (Å²) in [5.74, 6) is 1.70. The van der Waals surface area contributed by atoms with Crippen molar-refractivity contribution in [3.63, 3.8) is 0 Å². The molecule has 2 rings (SSSR count). The maximum atomic E-state index is 12.5. The molecule has 1 unspecified atom stereocenters. The lowest BCUT2D eigenvalue weighted by molar-refractivity contribution is -0.143. The van der Waals surface area contributed by atoms with Gasteiger partial charge in [0.25, 0.3) is 0 Å². The van der Waals surface area contributed by atoms with Crippen molar-refractivity contribution in [3.05, 3.63) is 17.0 Å². The number of aryl methyl sites for hydroxylation is 2. The smallest absolute Gasteiger partial charge is 0.361 e. The van der Waals surface area contributed by atoms with Crippen LogP contribution in [0.25, 0.3) is 0 Å². The first-order valence-corrected chi connectivity index (χ1v) is 9.63. The largest absolute Gasteiger partial charge is 0.401 e. The molecule has 6 nitrogen and oxygen atoms in total. The number of aromatic nitrogens is 1. The van der Waals surface area contributed by atoms with Crippen molar-refractivity contribution in [3.8, 4) is 0 Å². The van der Waals surface area contributed by atoms with Gasteiger partial charge in [0.15, 0.2) is 5.96 Å². The van der Waals surface area contributed by atoms with E-state index >= 15 is 0 Å². The Hall–Kier alpha value is -1.04. The molecule has 162 valence electrons. The van der Waals surface area contributed by atoms with Gasteiger partial charge in [0.1, 0.15) is 5.76 Å². The number of hydrogen-bond acceptors (Lipinski definition) is 4. The van der Waals surface area contributed by atoms with Crippen molar-refractivity contribution in [1.29, 1.82) is 0 Å². The number of alkyl halides is 3. The average molecular weight is 517 g/mol. The summed E-state index contributed by atoms with van der Waals surface area (Å²) in [6.07, 6.45) is -1.83. The first kappa shape index (κ1) is 25.0. The number of rotatable bonds is 8. The zero-order chi connectivity index (χ0) is 19.9. The number of guanidine groups is 1. The molecule has 2 heterocycles. The van der Waals surface area contributed by atoms with Gasteiger partial charge >= 0.3 is 6.18 Å². The quantitative estimate of drug-likeness (QED) is 0.315. The van der Waals surface area contributed by atoms with E-state index in [2.05, 4.69) is 20.8 Å². The van der Waals surface area contributed by atoms with Crippen LogP contribution in [-0.2, 0) is 19.4 Å². The van der Waals surface area contributed by atoms with E-state index in [1.807, 2.05) is 20.8 Å². The summed E-state index contributed by atoms with van der Waals surface area (Å²) in [5.41, 5.74) is 1.94. The van der Waals surface area contributed by atoms with E-state index in [-0.39, 0.29) is 29.9 Å². The molecule has 10 heteroatoms. The molecule has 0 aromatic carbocycles. The van der Waals surface area contributed by atoms with Crippen LogP contribution in [0.1, 0.15) is 44.2 Å². The van der Waals surface area contributed by atoms with Crippen LogP contribution in [-0.4, -0.2) is 54.9 Å². The normalized spacial score (nSPS) is 18.2. The number of hydrogen-bond donors (Lipinski definition) is 2. The Morgan fingerprint density at radius 2 is 2.00 bits per heavy atom. The predicted molar refractivity (Wildman–Crippen MR) is 114 cm³/mol. The highest BCUT2D eigenvalue weighted by atomic mass is 127. The third-order valence-electron chi connectivity index (χ3n) is 4.68. The van der Waals surface area contributed by atoms with Crippen LogP contribution in [0.15, 0.2) is 9.52 Å². The number of likely N-dealkylation sites (tertiary alicyclic amines) is 1. The molecule has 0 amide bonds. The molecule has 0 radical (unpaired) electrons. The van der Waals surface area contributed by atoms with Crippen molar-refractivity contribution in [2.24, 2.45) is 10.9 Å². The van der Waals surface area contributed by atoms with E-state index in [0.29, 0.717) is 38.7 Å². The van der Waals surface area contributed by atoms with Crippen LogP contribution >= 0.6 is 24.0 Å². The molecule has 0 bridgehead atoms. The maximum absolute atomic E-state index is 12.5. The Morgan fingerprint density at radius 3 is 2.61 bits per heavy atom. The Labute approximate surface area is 181 Å². The van der Waals surface area contributed by atoms with Gasteiger partial charge in [-0.3, -0.25) is 4.90 Å². The number of aliphatic imine (C=N–C) groups is 1. The van der Waals surface area contributed by atoms with Gasteiger partial charge in [-0.25, -0.2) is 4.99 Å². The van der Waals surface area contributed by atoms with Crippen LogP contribution in [0, 0.1) is 5.92 Å². The highest BCUT2D eigenvalue weighted by molar-refractivity contribution is 14.0. The highest BCUT2D eigenvalue weighted by Crippen LogP contribution is 2.22. The first-order valence-electron chi connectivity index (χ1n) is 9.63. The van der Waals surface area contributed by atoms with E-state index in [4.69, 9.17) is 4.52 Å². The van der Waals surface area contributed by atoms with E-state index in [9.17, 15) is 13.2 Å². The van der Waals surface area contributed by atoms with Crippen molar-refractivity contribution >= 4 is 29.9 Å². The van der Waals surface area contributed by atoms with E-state index in [1.165, 1.54) is 4.90 Å². The van der Waals surface area contributed by atoms with Gasteiger partial charge in [-0.2, -0.15) is 13.2 Å². The van der Waals surface area contributed by atoms with Crippen LogP contribution < -0.4 is 10.6 Å². The van der Waals surface area contributed by atoms with E-state index in [0.717, 1.165) is 36.3 Å². The third-order valence-corrected chi connectivity index (χ3v) is 4.68. The number of nitrogens with one attached hydrogen (secondary N) is 2. The van der Waals surface area contributed by atoms with Crippen LogP contribution in [0.2, 0.25) is 0 Å². The molecular formula is C18H31F3IN5O. The molecule has 1 aliphatic rings. The molecule has 2 N–H and O–H groups in total. The summed E-state index contributed by atoms with van der Waals surface area (Å²) in [4.78, 5) is 6.08. The summed E-state index contributed by atoms with van der Waals surface area (Å²) in [5, 5.41) is 10.5. The second-order valence-corrected chi connectivity index (χ2v) is 6.82. The summed E-state index contributed by atoms with van der Waals surface area (Å²) in [6.45, 7) is 7.92. The topological polar surface area (TPSA) is 65.7 Å². The molecule has 1 atom stereocenters. The minimum absolute atomic E-state index is 0. The third kappa shape index (κ3) is 7.76. The van der Waals surface area contributed by atoms with Crippen molar-refractivity contribution in [2.45, 2.75) is 52.8 Å². The average Bonchev–Trinajstić information content (AvgIpc) is 3.21. The monoisotopic (exact) mass is 517 g/mol. The second kappa shape index (κ2) is 11.8. The van der Waals surface area contributed by atoms with Gasteiger partial charge in [0, 0.05) is 31.6 Å². The lowest BCUT2D eigenvalue weighted by Gasteiger charge is -2.18. The van der Waals surface area contributed by atoms with Crippen LogP contribution in [0.5, 0.6) is 0 Å². The Balaban J connectivity index is 0.00000392. The van der Waals surface area contributed by atoms with Crippen molar-refractivity contribution in [1.82, 2.24) is 20.7 Å². The summed E-state index contributed by atoms with van der Waals surface area (Å²) >= 11 is 0. The lowest BCUT2D eigenvalue weighted by Crippen LogP contribution is -2.40. The molecule has 1 aromatic heterocycles. The van der Waals surface area contributed by atoms with Crippen LogP contribution in [0.3, 0.4) is 0 Å². The number of nitrogens with zero attached hydrogens (tertiary/aromatic N) is 3. The zero-order valence-corrected chi connectivity index (χ0v) is 19.1. The summed E-state index contributed by atoms with van der Waals surface area (Å²) < 4.78 is 42.9. The number of halogens is 4. The molecule has 0 aliphatic carbocycles. The summed E-state index contributed by atoms with van der Waals surface area (Å²) in [6, 6.07) is 0. The minimum Gasteiger partial charge on any atom is -0.361 e. The highest BCUT2D eigenvalue weighted by Gasteiger charge is 2.34. The summed E-state index contributed by atoms with van der Waals surface area (Å²) in [7, 11) is 0. The van der Waals surface area contributed by atoms with Crippen molar-refractivity contribution in [2.75, 3.05) is 32.7 Å². The van der Waals surface area contributed by atoms with Crippen molar-refractivity contribution < 1.29 is 17.7 Å². The van der Waals surface area contributed by atoms with Gasteiger partial charge in [0.2, 0.25) is 0 Å². The molecule has 28 heavy (non-hydrogen) atoms. The molecule has 1 aliphatic heterocycles. The van der Waals surface area contributed by atoms with E-state index in [1.54, 1.807) is 0 Å². The molecular weight excluding hydrogens is 486 g/mol. The molecule has 1 fully saturated rings. The SMILES string of the molecule is CCNC(=NCc1c(CC)noc1CC)NCC1CCN(CC(F)(F)F)C1.I. The minimum atomic E-state index is -4.13. The maximum Gasteiger partial charge on any atom is 0.401 e. The zero-order valence-electron chi connectivity index (χ0n) is 16.7. The van der Waals surface area contributed by atoms with Gasteiger partial charge in [0.05, 0.1) is 18.8 Å². The molecule has 1 aromatic rings. The Bertz CT molecular complexity index is 599. The van der Waals surface area contributed by atoms with Gasteiger partial charge in [-0.05, 0) is 32.2 Å².